The maximum Gasteiger partial charge on any atom is 0.419 e. The minimum absolute atomic E-state index is 0.112. The van der Waals surface area contributed by atoms with Crippen LogP contribution < -0.4 is 10.1 Å². The van der Waals surface area contributed by atoms with Gasteiger partial charge in [0.25, 0.3) is 5.91 Å². The van der Waals surface area contributed by atoms with Crippen LogP contribution in [-0.2, 0) is 24.1 Å². The maximum atomic E-state index is 12.9. The van der Waals surface area contributed by atoms with Gasteiger partial charge in [-0.25, -0.2) is 0 Å². The first kappa shape index (κ1) is 17.8. The van der Waals surface area contributed by atoms with Crippen molar-refractivity contribution in [3.8, 4) is 5.75 Å². The Balaban J connectivity index is 2.00. The second-order valence-corrected chi connectivity index (χ2v) is 5.00. The van der Waals surface area contributed by atoms with Crippen molar-refractivity contribution >= 4 is 5.91 Å². The average molecular weight is 342 g/mol. The number of hydrogen-bond donors (Lipinski definition) is 1. The van der Waals surface area contributed by atoms with Gasteiger partial charge in [-0.15, -0.1) is 10.2 Å². The predicted octanol–water partition coefficient (Wildman–Crippen LogP) is 2.40. The Morgan fingerprint density at radius 3 is 2.75 bits per heavy atom. The third-order valence-corrected chi connectivity index (χ3v) is 3.32. The summed E-state index contributed by atoms with van der Waals surface area (Å²) in [5, 5.41) is 10.2. The average Bonchev–Trinajstić information content (AvgIpc) is 2.99. The second kappa shape index (κ2) is 7.33. The SMILES string of the molecule is CCn1cnnc1CNC(=O)C(C)Oc1ccccc1C(F)(F)F. The molecule has 130 valence electrons. The predicted molar refractivity (Wildman–Crippen MR) is 79.1 cm³/mol. The van der Waals surface area contributed by atoms with Crippen molar-refractivity contribution in [2.45, 2.75) is 39.2 Å². The minimum Gasteiger partial charge on any atom is -0.480 e. The number of para-hydroxylation sites is 1. The molecule has 1 amide bonds. The zero-order valence-corrected chi connectivity index (χ0v) is 13.2. The summed E-state index contributed by atoms with van der Waals surface area (Å²) in [7, 11) is 0. The molecule has 0 saturated heterocycles. The van der Waals surface area contributed by atoms with Gasteiger partial charge >= 0.3 is 6.18 Å². The molecule has 1 aromatic carbocycles. The molecule has 2 aromatic rings. The number of ether oxygens (including phenoxy) is 1. The number of halogens is 3. The zero-order chi connectivity index (χ0) is 17.7. The highest BCUT2D eigenvalue weighted by Crippen LogP contribution is 2.36. The summed E-state index contributed by atoms with van der Waals surface area (Å²) in [6, 6.07) is 4.76. The molecule has 1 N–H and O–H groups in total. The number of aromatic nitrogens is 3. The van der Waals surface area contributed by atoms with E-state index in [-0.39, 0.29) is 12.3 Å². The van der Waals surface area contributed by atoms with Crippen LogP contribution in [0.3, 0.4) is 0 Å². The lowest BCUT2D eigenvalue weighted by Gasteiger charge is -2.18. The molecular formula is C15H17F3N4O2. The fraction of sp³-hybridized carbons (Fsp3) is 0.400. The standard InChI is InChI=1S/C15H17F3N4O2/c1-3-22-9-20-21-13(22)8-19-14(23)10(2)24-12-7-5-4-6-11(12)15(16,17)18/h4-7,9-10H,3,8H2,1-2H3,(H,19,23). The van der Waals surface area contributed by atoms with E-state index in [2.05, 4.69) is 15.5 Å². The number of alkyl halides is 3. The van der Waals surface area contributed by atoms with Gasteiger partial charge in [0.1, 0.15) is 12.1 Å². The maximum absolute atomic E-state index is 12.9. The topological polar surface area (TPSA) is 69.0 Å². The van der Waals surface area contributed by atoms with E-state index in [0.717, 1.165) is 6.07 Å². The lowest BCUT2D eigenvalue weighted by molar-refractivity contribution is -0.140. The third-order valence-electron chi connectivity index (χ3n) is 3.32. The lowest BCUT2D eigenvalue weighted by Crippen LogP contribution is -2.36. The highest BCUT2D eigenvalue weighted by Gasteiger charge is 2.34. The number of benzene rings is 1. The first-order valence-corrected chi connectivity index (χ1v) is 7.30. The van der Waals surface area contributed by atoms with E-state index in [1.165, 1.54) is 31.5 Å². The van der Waals surface area contributed by atoms with Crippen molar-refractivity contribution in [3.05, 3.63) is 42.0 Å². The van der Waals surface area contributed by atoms with Gasteiger partial charge in [0.15, 0.2) is 11.9 Å². The highest BCUT2D eigenvalue weighted by molar-refractivity contribution is 5.80. The molecule has 9 heteroatoms. The Morgan fingerprint density at radius 2 is 2.08 bits per heavy atom. The number of amides is 1. The van der Waals surface area contributed by atoms with Crippen LogP contribution in [0, 0.1) is 0 Å². The number of nitrogens with one attached hydrogen (secondary N) is 1. The molecule has 1 atom stereocenters. The van der Waals surface area contributed by atoms with Crippen LogP contribution in [0.25, 0.3) is 0 Å². The Hall–Kier alpha value is -2.58. The quantitative estimate of drug-likeness (QED) is 0.875. The fourth-order valence-corrected chi connectivity index (χ4v) is 2.04. The zero-order valence-electron chi connectivity index (χ0n) is 13.2. The van der Waals surface area contributed by atoms with Crippen LogP contribution in [-0.4, -0.2) is 26.8 Å². The van der Waals surface area contributed by atoms with Gasteiger partial charge in [0.05, 0.1) is 12.1 Å². The molecule has 0 radical (unpaired) electrons. The molecule has 6 nitrogen and oxygen atoms in total. The number of hydrogen-bond acceptors (Lipinski definition) is 4. The normalized spacial score (nSPS) is 12.7. The van der Waals surface area contributed by atoms with Crippen molar-refractivity contribution in [1.29, 1.82) is 0 Å². The fourth-order valence-electron chi connectivity index (χ4n) is 2.04. The van der Waals surface area contributed by atoms with Crippen LogP contribution >= 0.6 is 0 Å². The van der Waals surface area contributed by atoms with Gasteiger partial charge in [-0.1, -0.05) is 12.1 Å². The highest BCUT2D eigenvalue weighted by atomic mass is 19.4. The largest absolute Gasteiger partial charge is 0.480 e. The third kappa shape index (κ3) is 4.24. The summed E-state index contributed by atoms with van der Waals surface area (Å²) >= 11 is 0. The van der Waals surface area contributed by atoms with Gasteiger partial charge in [-0.05, 0) is 26.0 Å². The molecule has 0 saturated carbocycles. The Bertz CT molecular complexity index is 700. The molecule has 0 aliphatic carbocycles. The Kier molecular flexibility index (Phi) is 5.42. The summed E-state index contributed by atoms with van der Waals surface area (Å²) in [5.41, 5.74) is -0.921. The summed E-state index contributed by atoms with van der Waals surface area (Å²) in [6.45, 7) is 4.03. The molecule has 0 spiro atoms. The Morgan fingerprint density at radius 1 is 1.38 bits per heavy atom. The first-order valence-electron chi connectivity index (χ1n) is 7.30. The molecule has 24 heavy (non-hydrogen) atoms. The lowest BCUT2D eigenvalue weighted by atomic mass is 10.2. The van der Waals surface area contributed by atoms with E-state index in [4.69, 9.17) is 4.74 Å². The number of carbonyl (C=O) groups excluding carboxylic acids is 1. The van der Waals surface area contributed by atoms with Crippen LogP contribution in [0.15, 0.2) is 30.6 Å². The summed E-state index contributed by atoms with van der Waals surface area (Å²) in [4.78, 5) is 12.0. The number of aryl methyl sites for hydroxylation is 1. The van der Waals surface area contributed by atoms with Gasteiger partial charge in [0.2, 0.25) is 0 Å². The van der Waals surface area contributed by atoms with Crippen molar-refractivity contribution in [2.75, 3.05) is 0 Å². The van der Waals surface area contributed by atoms with Gasteiger partial charge in [-0.3, -0.25) is 4.79 Å². The van der Waals surface area contributed by atoms with Crippen molar-refractivity contribution in [1.82, 2.24) is 20.1 Å². The summed E-state index contributed by atoms with van der Waals surface area (Å²) in [5.74, 6) is -0.379. The Labute approximate surface area is 136 Å². The summed E-state index contributed by atoms with van der Waals surface area (Å²) < 4.78 is 45.7. The molecule has 0 fully saturated rings. The molecule has 1 aromatic heterocycles. The van der Waals surface area contributed by atoms with E-state index in [9.17, 15) is 18.0 Å². The van der Waals surface area contributed by atoms with Crippen molar-refractivity contribution in [2.24, 2.45) is 0 Å². The van der Waals surface area contributed by atoms with E-state index >= 15 is 0 Å². The van der Waals surface area contributed by atoms with Gasteiger partial charge < -0.3 is 14.6 Å². The van der Waals surface area contributed by atoms with Crippen molar-refractivity contribution < 1.29 is 22.7 Å². The second-order valence-electron chi connectivity index (χ2n) is 5.00. The monoisotopic (exact) mass is 342 g/mol. The van der Waals surface area contributed by atoms with E-state index in [1.807, 2.05) is 6.92 Å². The molecule has 0 bridgehead atoms. The number of nitrogens with zero attached hydrogens (tertiary/aromatic N) is 3. The molecule has 2 rings (SSSR count). The van der Waals surface area contributed by atoms with Crippen molar-refractivity contribution in [3.63, 3.8) is 0 Å². The molecule has 1 heterocycles. The van der Waals surface area contributed by atoms with Crippen LogP contribution in [0.1, 0.15) is 25.2 Å². The minimum atomic E-state index is -4.55. The molecule has 1 unspecified atom stereocenters. The first-order chi connectivity index (χ1) is 11.3. The molecule has 0 aliphatic rings. The number of carbonyl (C=O) groups is 1. The molecular weight excluding hydrogens is 325 g/mol. The van der Waals surface area contributed by atoms with Crippen LogP contribution in [0.5, 0.6) is 5.75 Å². The number of rotatable bonds is 6. The van der Waals surface area contributed by atoms with E-state index < -0.39 is 23.8 Å². The summed E-state index contributed by atoms with van der Waals surface area (Å²) in [6.07, 6.45) is -4.11. The van der Waals surface area contributed by atoms with Gasteiger partial charge in [0, 0.05) is 6.54 Å². The van der Waals surface area contributed by atoms with Crippen LogP contribution in [0.4, 0.5) is 13.2 Å². The van der Waals surface area contributed by atoms with Gasteiger partial charge in [-0.2, -0.15) is 13.2 Å². The van der Waals surface area contributed by atoms with E-state index in [0.29, 0.717) is 12.4 Å². The molecule has 0 aliphatic heterocycles. The smallest absolute Gasteiger partial charge is 0.419 e. The van der Waals surface area contributed by atoms with E-state index in [1.54, 1.807) is 4.57 Å². The van der Waals surface area contributed by atoms with Crippen LogP contribution in [0.2, 0.25) is 0 Å².